The van der Waals surface area contributed by atoms with Gasteiger partial charge in [-0.1, -0.05) is 6.07 Å². The number of nitrogens with one attached hydrogen (secondary N) is 1. The van der Waals surface area contributed by atoms with E-state index in [0.29, 0.717) is 5.56 Å². The number of carbonyl (C=O) groups excluding carboxylic acids is 1. The molecule has 0 aliphatic carbocycles. The van der Waals surface area contributed by atoms with Gasteiger partial charge in [0.2, 0.25) is 0 Å². The highest BCUT2D eigenvalue weighted by molar-refractivity contribution is 5.96. The lowest BCUT2D eigenvalue weighted by molar-refractivity contribution is 0.0902. The Balaban J connectivity index is 2.94. The van der Waals surface area contributed by atoms with E-state index in [0.717, 1.165) is 5.56 Å². The van der Waals surface area contributed by atoms with E-state index >= 15 is 0 Å². The summed E-state index contributed by atoms with van der Waals surface area (Å²) in [6.07, 6.45) is 0. The molecule has 0 aliphatic rings. The van der Waals surface area contributed by atoms with Crippen molar-refractivity contribution in [3.05, 3.63) is 35.1 Å². The number of nitrogens with two attached hydrogens (primary N) is 1. The van der Waals surface area contributed by atoms with Crippen LogP contribution in [0.15, 0.2) is 18.2 Å². The predicted octanol–water partition coefficient (Wildman–Crippen LogP) is 1.99. The topological polar surface area (TPSA) is 55.1 Å². The van der Waals surface area contributed by atoms with Crippen molar-refractivity contribution in [2.24, 2.45) is 5.73 Å². The molecule has 0 aromatic heterocycles. The van der Waals surface area contributed by atoms with E-state index in [-0.39, 0.29) is 11.9 Å². The number of rotatable bonds is 3. The van der Waals surface area contributed by atoms with Crippen LogP contribution >= 0.6 is 0 Å². The first-order valence-electron chi connectivity index (χ1n) is 5.58. The van der Waals surface area contributed by atoms with Crippen LogP contribution in [0.5, 0.6) is 0 Å². The summed E-state index contributed by atoms with van der Waals surface area (Å²) in [6, 6.07) is 3.97. The van der Waals surface area contributed by atoms with Gasteiger partial charge in [0.05, 0.1) is 0 Å². The van der Waals surface area contributed by atoms with Crippen molar-refractivity contribution in [3.63, 3.8) is 0 Å². The maximum absolute atomic E-state index is 13.1. The summed E-state index contributed by atoms with van der Waals surface area (Å²) in [5, 5.41) is 2.81. The van der Waals surface area contributed by atoms with Gasteiger partial charge in [0.1, 0.15) is 5.82 Å². The minimum atomic E-state index is -0.532. The van der Waals surface area contributed by atoms with E-state index in [4.69, 9.17) is 5.73 Å². The molecule has 0 saturated carbocycles. The van der Waals surface area contributed by atoms with Gasteiger partial charge >= 0.3 is 0 Å². The molecule has 0 spiro atoms. The van der Waals surface area contributed by atoms with Gasteiger partial charge in [-0.15, -0.1) is 0 Å². The predicted molar refractivity (Wildman–Crippen MR) is 66.3 cm³/mol. The van der Waals surface area contributed by atoms with Crippen LogP contribution in [-0.4, -0.2) is 17.5 Å². The molecule has 17 heavy (non-hydrogen) atoms. The number of amides is 1. The zero-order valence-corrected chi connectivity index (χ0v) is 10.7. The second kappa shape index (κ2) is 4.84. The van der Waals surface area contributed by atoms with Crippen molar-refractivity contribution in [2.75, 3.05) is 0 Å². The van der Waals surface area contributed by atoms with Crippen LogP contribution in [-0.2, 0) is 0 Å². The zero-order chi connectivity index (χ0) is 13.2. The molecular weight excluding hydrogens is 219 g/mol. The maximum atomic E-state index is 13.1. The summed E-state index contributed by atoms with van der Waals surface area (Å²) < 4.78 is 13.1. The van der Waals surface area contributed by atoms with Crippen LogP contribution in [0.2, 0.25) is 0 Å². The number of hydrogen-bond donors (Lipinski definition) is 2. The molecule has 3 N–H and O–H groups in total. The molecule has 0 radical (unpaired) electrons. The Labute approximate surface area is 101 Å². The Morgan fingerprint density at radius 3 is 2.59 bits per heavy atom. The molecule has 1 amide bonds. The fraction of sp³-hybridized carbons (Fsp3) is 0.462. The number of carbonyl (C=O) groups is 1. The van der Waals surface area contributed by atoms with Crippen molar-refractivity contribution < 1.29 is 9.18 Å². The highest BCUT2D eigenvalue weighted by Crippen LogP contribution is 2.13. The number of benzene rings is 1. The minimum Gasteiger partial charge on any atom is -0.346 e. The molecule has 1 aromatic rings. The van der Waals surface area contributed by atoms with Crippen LogP contribution in [0.4, 0.5) is 4.39 Å². The third kappa shape index (κ3) is 3.27. The third-order valence-electron chi connectivity index (χ3n) is 3.02. The molecule has 1 rings (SSSR count). The molecule has 1 atom stereocenters. The highest BCUT2D eigenvalue weighted by Gasteiger charge is 2.25. The molecule has 0 saturated heterocycles. The van der Waals surface area contributed by atoms with Crippen molar-refractivity contribution in [3.8, 4) is 0 Å². The summed E-state index contributed by atoms with van der Waals surface area (Å²) in [6.45, 7) is 7.26. The first-order chi connectivity index (χ1) is 7.74. The zero-order valence-electron chi connectivity index (χ0n) is 10.7. The third-order valence-corrected chi connectivity index (χ3v) is 3.02. The van der Waals surface area contributed by atoms with Crippen LogP contribution in [0.3, 0.4) is 0 Å². The standard InChI is InChI=1S/C13H19FN2O/c1-8-5-6-10(14)7-11(8)12(17)16-13(3,4)9(2)15/h5-7,9H,15H2,1-4H3,(H,16,17). The SMILES string of the molecule is Cc1ccc(F)cc1C(=O)NC(C)(C)C(C)N. The summed E-state index contributed by atoms with van der Waals surface area (Å²) in [4.78, 5) is 12.0. The lowest BCUT2D eigenvalue weighted by Gasteiger charge is -2.30. The second-order valence-corrected chi connectivity index (χ2v) is 4.92. The fourth-order valence-corrected chi connectivity index (χ4v) is 1.31. The molecule has 3 nitrogen and oxygen atoms in total. The minimum absolute atomic E-state index is 0.194. The molecule has 1 aromatic carbocycles. The van der Waals surface area contributed by atoms with Gasteiger partial charge in [0, 0.05) is 17.1 Å². The largest absolute Gasteiger partial charge is 0.346 e. The van der Waals surface area contributed by atoms with Crippen molar-refractivity contribution >= 4 is 5.91 Å². The normalized spacial score (nSPS) is 13.3. The van der Waals surface area contributed by atoms with Gasteiger partial charge in [-0.25, -0.2) is 4.39 Å². The first-order valence-corrected chi connectivity index (χ1v) is 5.58. The molecule has 4 heteroatoms. The Morgan fingerprint density at radius 2 is 2.06 bits per heavy atom. The molecule has 0 heterocycles. The molecule has 0 aliphatic heterocycles. The van der Waals surface area contributed by atoms with E-state index < -0.39 is 11.4 Å². The van der Waals surface area contributed by atoms with Gasteiger partial charge in [-0.2, -0.15) is 0 Å². The summed E-state index contributed by atoms with van der Waals surface area (Å²) in [5.41, 5.74) is 6.33. The van der Waals surface area contributed by atoms with Crippen molar-refractivity contribution in [2.45, 2.75) is 39.3 Å². The van der Waals surface area contributed by atoms with Gasteiger partial charge in [0.15, 0.2) is 0 Å². The van der Waals surface area contributed by atoms with Crippen LogP contribution in [0.1, 0.15) is 36.7 Å². The van der Waals surface area contributed by atoms with E-state index in [9.17, 15) is 9.18 Å². The van der Waals surface area contributed by atoms with Gasteiger partial charge in [-0.05, 0) is 45.4 Å². The van der Waals surface area contributed by atoms with E-state index in [1.165, 1.54) is 12.1 Å². The summed E-state index contributed by atoms with van der Waals surface area (Å²) in [7, 11) is 0. The Morgan fingerprint density at radius 1 is 1.47 bits per heavy atom. The van der Waals surface area contributed by atoms with Gasteiger partial charge in [-0.3, -0.25) is 4.79 Å². The second-order valence-electron chi connectivity index (χ2n) is 4.92. The molecular formula is C13H19FN2O. The monoisotopic (exact) mass is 238 g/mol. The smallest absolute Gasteiger partial charge is 0.252 e. The van der Waals surface area contributed by atoms with Crippen molar-refractivity contribution in [1.29, 1.82) is 0 Å². The van der Waals surface area contributed by atoms with Crippen LogP contribution in [0, 0.1) is 12.7 Å². The molecule has 0 fully saturated rings. The van der Waals surface area contributed by atoms with Crippen molar-refractivity contribution in [1.82, 2.24) is 5.32 Å². The lowest BCUT2D eigenvalue weighted by Crippen LogP contribution is -2.54. The summed E-state index contributed by atoms with van der Waals surface area (Å²) in [5.74, 6) is -0.719. The van der Waals surface area contributed by atoms with E-state index in [1.54, 1.807) is 13.0 Å². The molecule has 94 valence electrons. The number of aryl methyl sites for hydroxylation is 1. The lowest BCUT2D eigenvalue weighted by atomic mass is 9.96. The highest BCUT2D eigenvalue weighted by atomic mass is 19.1. The fourth-order valence-electron chi connectivity index (χ4n) is 1.31. The molecule has 1 unspecified atom stereocenters. The molecule has 0 bridgehead atoms. The van der Waals surface area contributed by atoms with Gasteiger partial charge < -0.3 is 11.1 Å². The van der Waals surface area contributed by atoms with E-state index in [2.05, 4.69) is 5.32 Å². The Bertz CT molecular complexity index is 427. The quantitative estimate of drug-likeness (QED) is 0.846. The van der Waals surface area contributed by atoms with Gasteiger partial charge in [0.25, 0.3) is 5.91 Å². The first kappa shape index (κ1) is 13.6. The van der Waals surface area contributed by atoms with Crippen LogP contribution < -0.4 is 11.1 Å². The maximum Gasteiger partial charge on any atom is 0.252 e. The Hall–Kier alpha value is -1.42. The number of hydrogen-bond acceptors (Lipinski definition) is 2. The number of halogens is 1. The Kier molecular flexibility index (Phi) is 3.88. The summed E-state index contributed by atoms with van der Waals surface area (Å²) >= 11 is 0. The average molecular weight is 238 g/mol. The van der Waals surface area contributed by atoms with Crippen LogP contribution in [0.25, 0.3) is 0 Å². The average Bonchev–Trinajstić information content (AvgIpc) is 2.20. The van der Waals surface area contributed by atoms with E-state index in [1.807, 2.05) is 20.8 Å².